The Morgan fingerprint density at radius 2 is 1.95 bits per heavy atom. The van der Waals surface area contributed by atoms with Gasteiger partial charge in [-0.05, 0) is 12.1 Å². The van der Waals surface area contributed by atoms with Gasteiger partial charge in [-0.25, -0.2) is 4.57 Å². The van der Waals surface area contributed by atoms with Crippen LogP contribution in [0.4, 0.5) is 0 Å². The van der Waals surface area contributed by atoms with E-state index >= 15 is 0 Å². The topological polar surface area (TPSA) is 122 Å². The molecule has 0 amide bonds. The molecule has 104 valence electrons. The zero-order valence-corrected chi connectivity index (χ0v) is 12.8. The van der Waals surface area contributed by atoms with Gasteiger partial charge in [0.1, 0.15) is 5.75 Å². The normalized spacial score (nSPS) is 14.1. The fourth-order valence-electron chi connectivity index (χ4n) is 0.849. The first-order valence-electron chi connectivity index (χ1n) is 4.56. The molecule has 2 unspecified atom stereocenters. The van der Waals surface area contributed by atoms with Crippen molar-refractivity contribution in [2.24, 2.45) is 5.90 Å². The molecule has 0 aliphatic heterocycles. The summed E-state index contributed by atoms with van der Waals surface area (Å²) < 4.78 is 57.7. The van der Waals surface area contributed by atoms with Gasteiger partial charge in [-0.1, -0.05) is 22.8 Å². The third kappa shape index (κ3) is 5.97. The van der Waals surface area contributed by atoms with Crippen molar-refractivity contribution in [2.45, 2.75) is 0 Å². The maximum atomic E-state index is 11.5. The van der Waals surface area contributed by atoms with Crippen LogP contribution in [0.25, 0.3) is 0 Å². The van der Waals surface area contributed by atoms with Gasteiger partial charge < -0.3 is 4.52 Å². The first-order chi connectivity index (χ1) is 8.98. The zero-order valence-electron chi connectivity index (χ0n) is 9.28. The molecule has 0 fully saturated rings. The average molecular weight is 344 g/mol. The lowest BCUT2D eigenvalue weighted by Gasteiger charge is -2.06. The van der Waals surface area contributed by atoms with Crippen LogP contribution in [0.15, 0.2) is 30.3 Å². The zero-order chi connectivity index (χ0) is 14.3. The van der Waals surface area contributed by atoms with E-state index in [0.29, 0.717) is 5.75 Å². The van der Waals surface area contributed by atoms with E-state index in [-0.39, 0.29) is 0 Å². The van der Waals surface area contributed by atoms with E-state index < -0.39 is 39.4 Å². The van der Waals surface area contributed by atoms with Gasteiger partial charge in [-0.3, -0.25) is 4.52 Å². The second-order valence-electron chi connectivity index (χ2n) is 2.88. The lowest BCUT2D eigenvalue weighted by molar-refractivity contribution is 0.297. The van der Waals surface area contributed by atoms with Crippen LogP contribution in [0.1, 0.15) is 0 Å². The highest BCUT2D eigenvalue weighted by Crippen LogP contribution is 2.68. The average Bonchev–Trinajstić information content (AvgIpc) is 2.43. The SMILES string of the molecule is NOS(=O)(=O)COP(Oc1ccccc1)[P+](=O)P=O. The van der Waals surface area contributed by atoms with Crippen molar-refractivity contribution in [3.63, 3.8) is 0 Å². The van der Waals surface area contributed by atoms with E-state index in [4.69, 9.17) is 9.05 Å². The third-order valence-corrected chi connectivity index (χ3v) is 7.42. The molecule has 2 N–H and O–H groups in total. The van der Waals surface area contributed by atoms with Crippen LogP contribution in [0.5, 0.6) is 5.75 Å². The number of para-hydroxylation sites is 1. The molecule has 0 heterocycles. The lowest BCUT2D eigenvalue weighted by atomic mass is 10.3. The molecule has 0 spiro atoms. The minimum Gasteiger partial charge on any atom is -0.411 e. The third-order valence-electron chi connectivity index (χ3n) is 1.59. The van der Waals surface area contributed by atoms with Gasteiger partial charge in [0.05, 0.1) is 0 Å². The second-order valence-corrected chi connectivity index (χ2v) is 10.6. The Balaban J connectivity index is 2.73. The fraction of sp³-hybridized carbons (Fsp3) is 0.143. The summed E-state index contributed by atoms with van der Waals surface area (Å²) in [5.74, 6) is 3.88. The molecule has 12 heteroatoms. The van der Waals surface area contributed by atoms with E-state index in [1.165, 1.54) is 0 Å². The van der Waals surface area contributed by atoms with Crippen LogP contribution >= 0.6 is 23.4 Å². The minimum atomic E-state index is -4.09. The Kier molecular flexibility index (Phi) is 6.89. The first kappa shape index (κ1) is 16.5. The molecule has 1 aromatic carbocycles. The monoisotopic (exact) mass is 344 g/mol. The predicted molar refractivity (Wildman–Crippen MR) is 69.3 cm³/mol. The van der Waals surface area contributed by atoms with Crippen LogP contribution < -0.4 is 10.4 Å². The van der Waals surface area contributed by atoms with Crippen molar-refractivity contribution in [1.29, 1.82) is 0 Å². The summed E-state index contributed by atoms with van der Waals surface area (Å²) in [5.41, 5.74) is 0. The molecular weight excluding hydrogens is 335 g/mol. The molecular formula is C7H9NO7P3S+. The number of hydrogen-bond donors (Lipinski definition) is 1. The smallest absolute Gasteiger partial charge is 0.411 e. The van der Waals surface area contributed by atoms with E-state index in [9.17, 15) is 17.5 Å². The highest BCUT2D eigenvalue weighted by molar-refractivity contribution is 8.46. The Labute approximate surface area is 113 Å². The van der Waals surface area contributed by atoms with Gasteiger partial charge >= 0.3 is 33.5 Å². The second kappa shape index (κ2) is 7.92. The van der Waals surface area contributed by atoms with E-state index in [1.807, 2.05) is 0 Å². The molecule has 1 aromatic rings. The van der Waals surface area contributed by atoms with Crippen molar-refractivity contribution in [3.8, 4) is 5.75 Å². The highest BCUT2D eigenvalue weighted by atomic mass is 32.4. The van der Waals surface area contributed by atoms with Crippen LogP contribution in [0.2, 0.25) is 0 Å². The van der Waals surface area contributed by atoms with Crippen molar-refractivity contribution in [1.82, 2.24) is 0 Å². The Morgan fingerprint density at radius 3 is 2.47 bits per heavy atom. The van der Waals surface area contributed by atoms with Gasteiger partial charge in [-0.2, -0.15) is 18.6 Å². The van der Waals surface area contributed by atoms with E-state index in [2.05, 4.69) is 10.2 Å². The summed E-state index contributed by atoms with van der Waals surface area (Å²) in [6, 6.07) is 8.15. The summed E-state index contributed by atoms with van der Waals surface area (Å²) in [5, 5.41) is 0. The van der Waals surface area contributed by atoms with Gasteiger partial charge in [0, 0.05) is 0 Å². The molecule has 19 heavy (non-hydrogen) atoms. The number of rotatable bonds is 8. The summed E-state index contributed by atoms with van der Waals surface area (Å²) in [7, 11) is -9.38. The molecule has 0 aliphatic carbocycles. The lowest BCUT2D eigenvalue weighted by Crippen LogP contribution is -2.15. The van der Waals surface area contributed by atoms with Gasteiger partial charge in [-0.15, -0.1) is 0 Å². The maximum absolute atomic E-state index is 11.5. The molecule has 0 aromatic heterocycles. The standard InChI is InChI=1S/C7H9NO7P3S/c8-15-19(11,12)6-13-18(17(10)16-9)14-7-4-2-1-3-5-7/h1-5H,6,8H2/q+1. The van der Waals surface area contributed by atoms with Crippen LogP contribution in [-0.2, 0) is 28.1 Å². The molecule has 0 aliphatic rings. The Bertz CT molecular complexity index is 537. The van der Waals surface area contributed by atoms with Crippen LogP contribution in [0, 0.1) is 0 Å². The van der Waals surface area contributed by atoms with Crippen molar-refractivity contribution >= 4 is 33.5 Å². The van der Waals surface area contributed by atoms with Crippen molar-refractivity contribution < 1.29 is 30.9 Å². The summed E-state index contributed by atoms with van der Waals surface area (Å²) >= 11 is 0. The summed E-state index contributed by atoms with van der Waals surface area (Å²) in [6.07, 6.45) is 0. The first-order valence-corrected chi connectivity index (χ1v) is 10.8. The molecule has 1 rings (SSSR count). The van der Waals surface area contributed by atoms with E-state index in [0.717, 1.165) is 0 Å². The van der Waals surface area contributed by atoms with Gasteiger partial charge in [0.25, 0.3) is 0 Å². The minimum absolute atomic E-state index is 0.312. The van der Waals surface area contributed by atoms with E-state index in [1.54, 1.807) is 30.3 Å². The van der Waals surface area contributed by atoms with Crippen molar-refractivity contribution in [3.05, 3.63) is 30.3 Å². The Morgan fingerprint density at radius 1 is 1.32 bits per heavy atom. The fourth-order valence-corrected chi connectivity index (χ4v) is 5.09. The number of nitrogens with two attached hydrogens (primary N) is 1. The molecule has 0 bridgehead atoms. The van der Waals surface area contributed by atoms with Gasteiger partial charge in [0.2, 0.25) is 0 Å². The molecule has 0 saturated carbocycles. The van der Waals surface area contributed by atoms with Crippen molar-refractivity contribution in [2.75, 3.05) is 5.94 Å². The maximum Gasteiger partial charge on any atom is 0.531 e. The molecule has 8 nitrogen and oxygen atoms in total. The van der Waals surface area contributed by atoms with Gasteiger partial charge in [0.15, 0.2) is 5.94 Å². The molecule has 2 atom stereocenters. The summed E-state index contributed by atoms with van der Waals surface area (Å²) in [6.45, 7) is 0. The predicted octanol–water partition coefficient (Wildman–Crippen LogP) is 2.52. The highest BCUT2D eigenvalue weighted by Gasteiger charge is 2.41. The molecule has 0 saturated heterocycles. The van der Waals surface area contributed by atoms with Crippen LogP contribution in [-0.4, -0.2) is 14.4 Å². The quantitative estimate of drug-likeness (QED) is 0.564. The summed E-state index contributed by atoms with van der Waals surface area (Å²) in [4.78, 5) is 0. The Hall–Kier alpha value is -0.520. The number of hydrogen-bond acceptors (Lipinski definition) is 8. The number of benzene rings is 1. The van der Waals surface area contributed by atoms with Crippen LogP contribution in [0.3, 0.4) is 0 Å². The molecule has 0 radical (unpaired) electrons. The largest absolute Gasteiger partial charge is 0.531 e.